The van der Waals surface area contributed by atoms with E-state index in [2.05, 4.69) is 11.0 Å². The number of nitrogens with zero attached hydrogens (tertiary/aromatic N) is 2. The second-order valence-electron chi connectivity index (χ2n) is 5.35. The van der Waals surface area contributed by atoms with Gasteiger partial charge in [0.15, 0.2) is 5.13 Å². The molecule has 2 aromatic rings. The third-order valence-corrected chi connectivity index (χ3v) is 4.94. The van der Waals surface area contributed by atoms with Crippen LogP contribution in [0.4, 0.5) is 5.13 Å². The lowest BCUT2D eigenvalue weighted by Gasteiger charge is -2.32. The van der Waals surface area contributed by atoms with Crippen molar-refractivity contribution in [3.8, 4) is 0 Å². The summed E-state index contributed by atoms with van der Waals surface area (Å²) in [6, 6.07) is 8.19. The normalized spacial score (nSPS) is 19.4. The van der Waals surface area contributed by atoms with E-state index in [0.717, 1.165) is 43.0 Å². The molecule has 0 radical (unpaired) electrons. The summed E-state index contributed by atoms with van der Waals surface area (Å²) in [7, 11) is 0. The fourth-order valence-electron chi connectivity index (χ4n) is 2.80. The van der Waals surface area contributed by atoms with Gasteiger partial charge in [-0.3, -0.25) is 4.79 Å². The molecule has 1 fully saturated rings. The number of thiazole rings is 1. The number of aliphatic carboxylic acids is 1. The van der Waals surface area contributed by atoms with E-state index < -0.39 is 5.97 Å². The second kappa shape index (κ2) is 5.79. The standard InChI is InChI=1S/C15H18N2O2S/c18-14(19)8-7-11-4-3-9-17(10-11)15-16-12-5-1-2-6-13(12)20-15/h1-2,5-6,11H,3-4,7-10H2,(H,18,19). The minimum atomic E-state index is -0.692. The van der Waals surface area contributed by atoms with Gasteiger partial charge in [0.25, 0.3) is 0 Å². The Morgan fingerprint density at radius 2 is 2.30 bits per heavy atom. The van der Waals surface area contributed by atoms with Crippen LogP contribution in [0.2, 0.25) is 0 Å². The van der Waals surface area contributed by atoms with Crippen LogP contribution in [0.1, 0.15) is 25.7 Å². The van der Waals surface area contributed by atoms with E-state index in [4.69, 9.17) is 10.1 Å². The molecule has 5 heteroatoms. The number of aromatic nitrogens is 1. The summed E-state index contributed by atoms with van der Waals surface area (Å²) >= 11 is 1.73. The van der Waals surface area contributed by atoms with Gasteiger partial charge in [-0.25, -0.2) is 4.98 Å². The molecule has 0 spiro atoms. The summed E-state index contributed by atoms with van der Waals surface area (Å²) in [5.41, 5.74) is 1.06. The molecule has 1 aliphatic rings. The number of benzene rings is 1. The zero-order valence-corrected chi connectivity index (χ0v) is 12.1. The number of hydrogen-bond acceptors (Lipinski definition) is 4. The quantitative estimate of drug-likeness (QED) is 0.938. The molecule has 1 saturated heterocycles. The van der Waals surface area contributed by atoms with Gasteiger partial charge in [-0.05, 0) is 37.3 Å². The average Bonchev–Trinajstić information content (AvgIpc) is 2.89. The van der Waals surface area contributed by atoms with Gasteiger partial charge in [0, 0.05) is 19.5 Å². The summed E-state index contributed by atoms with van der Waals surface area (Å²) in [5.74, 6) is -0.214. The van der Waals surface area contributed by atoms with Gasteiger partial charge >= 0.3 is 5.97 Å². The molecule has 4 nitrogen and oxygen atoms in total. The van der Waals surface area contributed by atoms with Crippen LogP contribution in [0.15, 0.2) is 24.3 Å². The van der Waals surface area contributed by atoms with Gasteiger partial charge in [-0.15, -0.1) is 0 Å². The summed E-state index contributed by atoms with van der Waals surface area (Å²) in [6.45, 7) is 1.97. The Bertz CT molecular complexity index is 578. The van der Waals surface area contributed by atoms with Gasteiger partial charge in [-0.2, -0.15) is 0 Å². The fraction of sp³-hybridized carbons (Fsp3) is 0.467. The highest BCUT2D eigenvalue weighted by Crippen LogP contribution is 2.32. The van der Waals surface area contributed by atoms with E-state index in [1.807, 2.05) is 18.2 Å². The third-order valence-electron chi connectivity index (χ3n) is 3.84. The van der Waals surface area contributed by atoms with Crippen LogP contribution in [-0.4, -0.2) is 29.1 Å². The molecule has 2 heterocycles. The Balaban J connectivity index is 1.71. The minimum Gasteiger partial charge on any atom is -0.481 e. The minimum absolute atomic E-state index is 0.276. The maximum Gasteiger partial charge on any atom is 0.303 e. The van der Waals surface area contributed by atoms with Crippen LogP contribution in [0.25, 0.3) is 10.2 Å². The molecule has 1 N–H and O–H groups in total. The molecule has 0 saturated carbocycles. The van der Waals surface area contributed by atoms with Crippen molar-refractivity contribution in [3.05, 3.63) is 24.3 Å². The van der Waals surface area contributed by atoms with E-state index >= 15 is 0 Å². The Morgan fingerprint density at radius 3 is 3.10 bits per heavy atom. The molecule has 0 bridgehead atoms. The lowest BCUT2D eigenvalue weighted by atomic mass is 9.94. The van der Waals surface area contributed by atoms with E-state index in [9.17, 15) is 4.79 Å². The number of rotatable bonds is 4. The number of carboxylic acid groups (broad SMARTS) is 1. The fourth-order valence-corrected chi connectivity index (χ4v) is 3.80. The van der Waals surface area contributed by atoms with E-state index in [-0.39, 0.29) is 6.42 Å². The van der Waals surface area contributed by atoms with Crippen LogP contribution in [0.5, 0.6) is 0 Å². The Labute approximate surface area is 122 Å². The molecule has 1 atom stereocenters. The van der Waals surface area contributed by atoms with Crippen molar-refractivity contribution in [2.45, 2.75) is 25.7 Å². The van der Waals surface area contributed by atoms with Crippen LogP contribution in [0.3, 0.4) is 0 Å². The Hall–Kier alpha value is -1.62. The molecule has 1 aromatic heterocycles. The number of para-hydroxylation sites is 1. The van der Waals surface area contributed by atoms with Crippen molar-refractivity contribution in [3.63, 3.8) is 0 Å². The smallest absolute Gasteiger partial charge is 0.303 e. The first kappa shape index (κ1) is 13.4. The first-order chi connectivity index (χ1) is 9.72. The maximum absolute atomic E-state index is 10.7. The molecule has 1 aromatic carbocycles. The molecule has 3 rings (SSSR count). The first-order valence-corrected chi connectivity index (χ1v) is 7.86. The zero-order valence-electron chi connectivity index (χ0n) is 11.3. The van der Waals surface area contributed by atoms with Gasteiger partial charge < -0.3 is 10.0 Å². The number of hydrogen-bond donors (Lipinski definition) is 1. The van der Waals surface area contributed by atoms with Crippen molar-refractivity contribution in [2.75, 3.05) is 18.0 Å². The molecular formula is C15H18N2O2S. The van der Waals surface area contributed by atoms with Crippen LogP contribution in [0, 0.1) is 5.92 Å². The highest BCUT2D eigenvalue weighted by molar-refractivity contribution is 7.22. The van der Waals surface area contributed by atoms with Gasteiger partial charge in [0.2, 0.25) is 0 Å². The Morgan fingerprint density at radius 1 is 1.45 bits per heavy atom. The molecule has 0 aliphatic carbocycles. The summed E-state index contributed by atoms with van der Waals surface area (Å²) in [6.07, 6.45) is 3.31. The maximum atomic E-state index is 10.7. The van der Waals surface area contributed by atoms with Crippen molar-refractivity contribution >= 4 is 32.7 Å². The summed E-state index contributed by atoms with van der Waals surface area (Å²) in [5, 5.41) is 9.87. The van der Waals surface area contributed by atoms with Crippen LogP contribution >= 0.6 is 11.3 Å². The summed E-state index contributed by atoms with van der Waals surface area (Å²) < 4.78 is 1.22. The highest BCUT2D eigenvalue weighted by Gasteiger charge is 2.22. The first-order valence-electron chi connectivity index (χ1n) is 7.04. The SMILES string of the molecule is O=C(O)CCC1CCCN(c2nc3ccccc3s2)C1. The van der Waals surface area contributed by atoms with Crippen molar-refractivity contribution in [2.24, 2.45) is 5.92 Å². The number of fused-ring (bicyclic) bond motifs is 1. The zero-order chi connectivity index (χ0) is 13.9. The number of piperidine rings is 1. The lowest BCUT2D eigenvalue weighted by Crippen LogP contribution is -2.35. The number of anilines is 1. The van der Waals surface area contributed by atoms with E-state index in [0.29, 0.717) is 5.92 Å². The third kappa shape index (κ3) is 2.93. The largest absolute Gasteiger partial charge is 0.481 e. The van der Waals surface area contributed by atoms with Crippen molar-refractivity contribution < 1.29 is 9.90 Å². The molecular weight excluding hydrogens is 272 g/mol. The molecule has 106 valence electrons. The number of carboxylic acids is 1. The summed E-state index contributed by atoms with van der Waals surface area (Å²) in [4.78, 5) is 17.7. The van der Waals surface area contributed by atoms with Gasteiger partial charge in [0.05, 0.1) is 10.2 Å². The molecule has 0 amide bonds. The van der Waals surface area contributed by atoms with E-state index in [1.165, 1.54) is 4.70 Å². The molecule has 1 unspecified atom stereocenters. The number of carbonyl (C=O) groups is 1. The topological polar surface area (TPSA) is 53.4 Å². The van der Waals surface area contributed by atoms with Gasteiger partial charge in [-0.1, -0.05) is 23.5 Å². The van der Waals surface area contributed by atoms with Crippen molar-refractivity contribution in [1.29, 1.82) is 0 Å². The predicted octanol–water partition coefficient (Wildman–Crippen LogP) is 3.38. The van der Waals surface area contributed by atoms with Gasteiger partial charge in [0.1, 0.15) is 0 Å². The monoisotopic (exact) mass is 290 g/mol. The lowest BCUT2D eigenvalue weighted by molar-refractivity contribution is -0.137. The average molecular weight is 290 g/mol. The Kier molecular flexibility index (Phi) is 3.87. The molecule has 20 heavy (non-hydrogen) atoms. The van der Waals surface area contributed by atoms with E-state index in [1.54, 1.807) is 11.3 Å². The predicted molar refractivity (Wildman–Crippen MR) is 81.4 cm³/mol. The van der Waals surface area contributed by atoms with Crippen LogP contribution < -0.4 is 4.90 Å². The highest BCUT2D eigenvalue weighted by atomic mass is 32.1. The van der Waals surface area contributed by atoms with Crippen LogP contribution in [-0.2, 0) is 4.79 Å². The molecule has 1 aliphatic heterocycles. The second-order valence-corrected chi connectivity index (χ2v) is 6.36. The van der Waals surface area contributed by atoms with Crippen molar-refractivity contribution in [1.82, 2.24) is 4.98 Å².